The van der Waals surface area contributed by atoms with Gasteiger partial charge < -0.3 is 13.9 Å². The van der Waals surface area contributed by atoms with E-state index in [4.69, 9.17) is 8.37 Å². The fraction of sp³-hybridized carbons (Fsp3) is 0. The maximum absolute atomic E-state index is 13.5. The molecule has 0 aliphatic rings. The minimum Gasteiger partial charge on any atom is -0.378 e. The highest BCUT2D eigenvalue weighted by molar-refractivity contribution is 8.31. The van der Waals surface area contributed by atoms with Crippen molar-refractivity contribution in [2.45, 2.75) is 19.6 Å². The highest BCUT2D eigenvalue weighted by Gasteiger charge is 2.47. The van der Waals surface area contributed by atoms with Crippen LogP contribution in [0.1, 0.15) is 0 Å². The van der Waals surface area contributed by atoms with Crippen LogP contribution in [0.15, 0.2) is 129 Å². The maximum atomic E-state index is 13.5. The van der Waals surface area contributed by atoms with Crippen LogP contribution in [0.3, 0.4) is 0 Å². The molecule has 4 aromatic carbocycles. The summed E-state index contributed by atoms with van der Waals surface area (Å²) in [6, 6.07) is 21.8. The summed E-state index contributed by atoms with van der Waals surface area (Å²) in [5, 5.41) is 0. The van der Waals surface area contributed by atoms with Gasteiger partial charge in [-0.25, -0.2) is 16.8 Å². The highest BCUT2D eigenvalue weighted by Crippen LogP contribution is 2.33. The third kappa shape index (κ3) is 6.06. The van der Waals surface area contributed by atoms with Crippen molar-refractivity contribution in [3.63, 3.8) is 0 Å². The van der Waals surface area contributed by atoms with Crippen LogP contribution < -0.4 is 8.37 Å². The first-order valence-corrected chi connectivity index (χ1v) is 17.0. The zero-order valence-electron chi connectivity index (χ0n) is 20.5. The van der Waals surface area contributed by atoms with E-state index in [0.29, 0.717) is 0 Å². The molecule has 0 amide bonds. The molecule has 0 heterocycles. The Hall–Kier alpha value is -4.34. The molecule has 4 aromatic rings. The maximum Gasteiger partial charge on any atom is 0.504 e. The lowest BCUT2D eigenvalue weighted by Gasteiger charge is -2.12. The zero-order valence-corrected chi connectivity index (χ0v) is 23.8. The molecule has 0 N–H and O–H groups in total. The molecule has 0 aliphatic carbocycles. The van der Waals surface area contributed by atoms with Gasteiger partial charge in [0, 0.05) is 0 Å². The lowest BCUT2D eigenvalue weighted by Crippen LogP contribution is -2.27. The van der Waals surface area contributed by atoms with Crippen molar-refractivity contribution < 1.29 is 46.8 Å². The standard InChI is InChI=1S/C25H18N2O10S4/c26-27-25(38(28,29)23-17-9-7-15-21(23)36-40(32,33)19-11-3-1-4-12-19)39(30,31)24-18-10-8-16-22(24)37-41(34,35)20-13-5-2-6-14-20/h1-18H. The molecule has 0 aromatic heterocycles. The number of para-hydroxylation sites is 2. The van der Waals surface area contributed by atoms with Gasteiger partial charge in [0.25, 0.3) is 19.7 Å². The Kier molecular flexibility index (Phi) is 8.15. The second kappa shape index (κ2) is 11.3. The molecule has 4 rings (SSSR count). The molecular formula is C25H18N2O10S4. The molecule has 212 valence electrons. The van der Waals surface area contributed by atoms with Gasteiger partial charge in [-0.1, -0.05) is 60.7 Å². The summed E-state index contributed by atoms with van der Waals surface area (Å²) in [6.45, 7) is 0. The fourth-order valence-corrected chi connectivity index (χ4v) is 9.02. The third-order valence-electron chi connectivity index (χ3n) is 5.28. The number of sulfone groups is 2. The van der Waals surface area contributed by atoms with Gasteiger partial charge in [-0.2, -0.15) is 16.8 Å². The topological polar surface area (TPSA) is 191 Å². The van der Waals surface area contributed by atoms with Crippen molar-refractivity contribution in [3.8, 4) is 11.5 Å². The van der Waals surface area contributed by atoms with E-state index in [1.54, 1.807) is 12.1 Å². The van der Waals surface area contributed by atoms with Gasteiger partial charge in [0.2, 0.25) is 0 Å². The predicted molar refractivity (Wildman–Crippen MR) is 144 cm³/mol. The Morgan fingerprint density at radius 1 is 0.488 bits per heavy atom. The van der Waals surface area contributed by atoms with Gasteiger partial charge in [0.05, 0.1) is 0 Å². The van der Waals surface area contributed by atoms with E-state index in [0.717, 1.165) is 36.4 Å². The number of hydrogen-bond donors (Lipinski definition) is 0. The van der Waals surface area contributed by atoms with Crippen LogP contribution in [0.2, 0.25) is 0 Å². The first-order chi connectivity index (χ1) is 19.3. The van der Waals surface area contributed by atoms with Gasteiger partial charge in [-0.15, -0.1) is 4.79 Å². The van der Waals surface area contributed by atoms with Crippen molar-refractivity contribution >= 4 is 44.3 Å². The predicted octanol–water partition coefficient (Wildman–Crippen LogP) is 3.06. The lowest BCUT2D eigenvalue weighted by atomic mass is 10.3. The van der Waals surface area contributed by atoms with E-state index < -0.39 is 65.6 Å². The Labute approximate surface area is 236 Å². The Bertz CT molecular complexity index is 1950. The molecule has 41 heavy (non-hydrogen) atoms. The van der Waals surface area contributed by atoms with Crippen molar-refractivity contribution in [2.75, 3.05) is 0 Å². The van der Waals surface area contributed by atoms with Gasteiger partial charge in [-0.3, -0.25) is 0 Å². The summed E-state index contributed by atoms with van der Waals surface area (Å²) < 4.78 is 113. The van der Waals surface area contributed by atoms with E-state index in [1.165, 1.54) is 60.7 Å². The molecule has 0 spiro atoms. The van der Waals surface area contributed by atoms with Crippen LogP contribution in [-0.4, -0.2) is 42.8 Å². The van der Waals surface area contributed by atoms with Crippen molar-refractivity contribution in [3.05, 3.63) is 115 Å². The smallest absolute Gasteiger partial charge is 0.378 e. The SMILES string of the molecule is [N-]=[N+]=C(S(=O)(=O)c1ccccc1OS(=O)(=O)c1ccccc1)S(=O)(=O)c1ccccc1OS(=O)(=O)c1ccccc1. The molecule has 0 saturated carbocycles. The average Bonchev–Trinajstić information content (AvgIpc) is 2.94. The number of rotatable bonds is 8. The zero-order chi connectivity index (χ0) is 29.9. The van der Waals surface area contributed by atoms with Crippen LogP contribution in [0.25, 0.3) is 5.53 Å². The van der Waals surface area contributed by atoms with Gasteiger partial charge in [-0.05, 0) is 48.5 Å². The van der Waals surface area contributed by atoms with E-state index in [-0.39, 0.29) is 9.79 Å². The third-order valence-corrected chi connectivity index (χ3v) is 12.0. The van der Waals surface area contributed by atoms with Crippen LogP contribution in [0.5, 0.6) is 11.5 Å². The van der Waals surface area contributed by atoms with E-state index in [9.17, 15) is 39.2 Å². The van der Waals surface area contributed by atoms with Gasteiger partial charge >= 0.3 is 24.6 Å². The number of benzene rings is 4. The molecule has 0 fully saturated rings. The summed E-state index contributed by atoms with van der Waals surface area (Å²) in [6.07, 6.45) is 0. The summed E-state index contributed by atoms with van der Waals surface area (Å²) in [7, 11) is -19.8. The Balaban J connectivity index is 1.79. The molecule has 0 saturated heterocycles. The summed E-state index contributed by atoms with van der Waals surface area (Å²) in [5.41, 5.74) is 9.63. The molecule has 0 aliphatic heterocycles. The Morgan fingerprint density at radius 2 is 0.805 bits per heavy atom. The first kappa shape index (κ1) is 29.6. The molecule has 0 bridgehead atoms. The molecule has 16 heteroatoms. The Morgan fingerprint density at radius 3 is 1.15 bits per heavy atom. The van der Waals surface area contributed by atoms with Crippen LogP contribution in [0, 0.1) is 0 Å². The first-order valence-electron chi connectivity index (χ1n) is 11.2. The van der Waals surface area contributed by atoms with Crippen LogP contribution >= 0.6 is 0 Å². The molecule has 12 nitrogen and oxygen atoms in total. The van der Waals surface area contributed by atoms with Crippen molar-refractivity contribution in [2.24, 2.45) is 0 Å². The molecule has 0 atom stereocenters. The quantitative estimate of drug-likeness (QED) is 0.0915. The molecule has 0 unspecified atom stereocenters. The number of hydrogen-bond acceptors (Lipinski definition) is 10. The monoisotopic (exact) mass is 634 g/mol. The number of nitrogens with zero attached hydrogens (tertiary/aromatic N) is 2. The minimum absolute atomic E-state index is 0.318. The summed E-state index contributed by atoms with van der Waals surface area (Å²) in [4.78, 5) is -0.0626. The fourth-order valence-electron chi connectivity index (χ4n) is 3.43. The average molecular weight is 635 g/mol. The van der Waals surface area contributed by atoms with Gasteiger partial charge in [0.15, 0.2) is 11.5 Å². The van der Waals surface area contributed by atoms with E-state index >= 15 is 0 Å². The molecule has 0 radical (unpaired) electrons. The lowest BCUT2D eigenvalue weighted by molar-refractivity contribution is 0.00378. The normalized spacial score (nSPS) is 12.2. The van der Waals surface area contributed by atoms with Crippen LogP contribution in [-0.2, 0) is 39.9 Å². The minimum atomic E-state index is -5.34. The van der Waals surface area contributed by atoms with E-state index in [1.807, 2.05) is 0 Å². The van der Waals surface area contributed by atoms with Crippen molar-refractivity contribution in [1.82, 2.24) is 0 Å². The highest BCUT2D eigenvalue weighted by atomic mass is 32.3. The van der Waals surface area contributed by atoms with Crippen LogP contribution in [0.4, 0.5) is 0 Å². The second-order valence-corrected chi connectivity index (χ2v) is 15.0. The molecular weight excluding hydrogens is 617 g/mol. The summed E-state index contributed by atoms with van der Waals surface area (Å²) >= 11 is 0. The largest absolute Gasteiger partial charge is 0.504 e. The van der Waals surface area contributed by atoms with Gasteiger partial charge in [0.1, 0.15) is 19.6 Å². The van der Waals surface area contributed by atoms with E-state index in [2.05, 4.69) is 4.79 Å². The summed E-state index contributed by atoms with van der Waals surface area (Å²) in [5.74, 6) is -1.58. The second-order valence-electron chi connectivity index (χ2n) is 7.97. The van der Waals surface area contributed by atoms with Crippen molar-refractivity contribution in [1.29, 1.82) is 0 Å².